The summed E-state index contributed by atoms with van der Waals surface area (Å²) in [5.41, 5.74) is 3.36. The second-order valence-electron chi connectivity index (χ2n) is 8.00. The number of carbonyl (C=O) groups is 3. The number of carbonyl (C=O) groups excluding carboxylic acids is 3. The fourth-order valence-electron chi connectivity index (χ4n) is 3.25. The minimum atomic E-state index is -0.656. The van der Waals surface area contributed by atoms with Crippen molar-refractivity contribution >= 4 is 58.9 Å². The Labute approximate surface area is 244 Å². The molecule has 0 atom stereocenters. The van der Waals surface area contributed by atoms with E-state index in [4.69, 9.17) is 49.0 Å². The van der Waals surface area contributed by atoms with Gasteiger partial charge in [0.2, 0.25) is 0 Å². The Kier molecular flexibility index (Phi) is 9.75. The van der Waals surface area contributed by atoms with Gasteiger partial charge in [-0.05, 0) is 60.2 Å². The van der Waals surface area contributed by atoms with Crippen LogP contribution in [0.5, 0.6) is 17.2 Å². The van der Waals surface area contributed by atoms with Gasteiger partial charge in [-0.2, -0.15) is 5.10 Å². The molecular weight excluding hydrogens is 579 g/mol. The van der Waals surface area contributed by atoms with Crippen LogP contribution < -0.4 is 19.6 Å². The van der Waals surface area contributed by atoms with Crippen LogP contribution in [0.2, 0.25) is 15.1 Å². The molecule has 1 amide bonds. The Morgan fingerprint density at radius 3 is 1.85 bits per heavy atom. The maximum Gasteiger partial charge on any atom is 0.343 e. The van der Waals surface area contributed by atoms with E-state index in [1.54, 1.807) is 66.7 Å². The Morgan fingerprint density at radius 2 is 1.27 bits per heavy atom. The first-order valence-corrected chi connectivity index (χ1v) is 12.7. The number of rotatable bonds is 9. The molecule has 0 aliphatic heterocycles. The van der Waals surface area contributed by atoms with Gasteiger partial charge in [0.25, 0.3) is 5.91 Å². The first-order valence-electron chi connectivity index (χ1n) is 11.6. The van der Waals surface area contributed by atoms with Crippen molar-refractivity contribution in [1.82, 2.24) is 5.43 Å². The molecular formula is C29H19Cl3N2O6. The molecule has 0 saturated heterocycles. The van der Waals surface area contributed by atoms with E-state index in [0.29, 0.717) is 21.7 Å². The molecule has 8 nitrogen and oxygen atoms in total. The Balaban J connectivity index is 1.46. The number of hydrazone groups is 1. The average Bonchev–Trinajstić information content (AvgIpc) is 2.94. The molecule has 0 heterocycles. The lowest BCUT2D eigenvalue weighted by molar-refractivity contribution is -0.123. The molecule has 0 saturated carbocycles. The number of benzene rings is 4. The molecule has 4 rings (SSSR count). The minimum absolute atomic E-state index is 0.0180. The SMILES string of the molecule is O=C(COc1c(Cl)cc(Cl)cc1Cl)N/N=C/c1ccc(OC(=O)c2ccccc2)c(OC(=O)c2ccccc2)c1. The molecule has 202 valence electrons. The van der Waals surface area contributed by atoms with Crippen LogP contribution in [-0.2, 0) is 4.79 Å². The predicted octanol–water partition coefficient (Wildman–Crippen LogP) is 6.61. The zero-order chi connectivity index (χ0) is 28.5. The lowest BCUT2D eigenvalue weighted by Crippen LogP contribution is -2.24. The minimum Gasteiger partial charge on any atom is -0.481 e. The van der Waals surface area contributed by atoms with Crippen molar-refractivity contribution in [1.29, 1.82) is 0 Å². The zero-order valence-corrected chi connectivity index (χ0v) is 22.7. The molecule has 0 bridgehead atoms. The first-order chi connectivity index (χ1) is 19.3. The third-order valence-electron chi connectivity index (χ3n) is 5.11. The van der Waals surface area contributed by atoms with Gasteiger partial charge in [-0.3, -0.25) is 4.79 Å². The van der Waals surface area contributed by atoms with Gasteiger partial charge in [0.15, 0.2) is 23.9 Å². The van der Waals surface area contributed by atoms with Crippen LogP contribution in [0.3, 0.4) is 0 Å². The van der Waals surface area contributed by atoms with Gasteiger partial charge in [-0.25, -0.2) is 15.0 Å². The van der Waals surface area contributed by atoms with E-state index in [9.17, 15) is 14.4 Å². The van der Waals surface area contributed by atoms with Gasteiger partial charge in [-0.15, -0.1) is 0 Å². The predicted molar refractivity (Wildman–Crippen MR) is 152 cm³/mol. The van der Waals surface area contributed by atoms with Crippen LogP contribution in [0, 0.1) is 0 Å². The number of amides is 1. The average molecular weight is 598 g/mol. The summed E-state index contributed by atoms with van der Waals surface area (Å²) < 4.78 is 16.4. The number of esters is 2. The van der Waals surface area contributed by atoms with Crippen molar-refractivity contribution in [3.05, 3.63) is 123 Å². The van der Waals surface area contributed by atoms with Crippen LogP contribution in [0.15, 0.2) is 96.1 Å². The van der Waals surface area contributed by atoms with E-state index in [2.05, 4.69) is 10.5 Å². The summed E-state index contributed by atoms with van der Waals surface area (Å²) >= 11 is 18.0. The maximum absolute atomic E-state index is 12.7. The first kappa shape index (κ1) is 28.6. The number of nitrogens with one attached hydrogen (secondary N) is 1. The van der Waals surface area contributed by atoms with Gasteiger partial charge in [0.1, 0.15) is 0 Å². The summed E-state index contributed by atoms with van der Waals surface area (Å²) in [6, 6.07) is 24.0. The summed E-state index contributed by atoms with van der Waals surface area (Å²) in [5, 5.41) is 4.52. The molecule has 0 fully saturated rings. The number of ether oxygens (including phenoxy) is 3. The highest BCUT2D eigenvalue weighted by atomic mass is 35.5. The molecule has 0 aromatic heterocycles. The monoisotopic (exact) mass is 596 g/mol. The van der Waals surface area contributed by atoms with E-state index in [1.807, 2.05) is 0 Å². The molecule has 0 spiro atoms. The maximum atomic E-state index is 12.7. The summed E-state index contributed by atoms with van der Waals surface area (Å²) in [6.45, 7) is -0.424. The highest BCUT2D eigenvalue weighted by molar-refractivity contribution is 6.40. The van der Waals surface area contributed by atoms with Crippen molar-refractivity contribution < 1.29 is 28.6 Å². The molecule has 4 aromatic carbocycles. The summed E-state index contributed by atoms with van der Waals surface area (Å²) in [6.07, 6.45) is 1.31. The standard InChI is InChI=1S/C29H19Cl3N2O6/c30-21-14-22(31)27(23(32)15-21)38-17-26(35)34-33-16-18-11-12-24(39-28(36)19-7-3-1-4-8-19)25(13-18)40-29(37)20-9-5-2-6-10-20/h1-16H,17H2,(H,34,35)/b33-16+. The van der Waals surface area contributed by atoms with Crippen molar-refractivity contribution in [3.63, 3.8) is 0 Å². The van der Waals surface area contributed by atoms with Crippen LogP contribution in [-0.4, -0.2) is 30.7 Å². The second kappa shape index (κ2) is 13.6. The van der Waals surface area contributed by atoms with Gasteiger partial charge < -0.3 is 14.2 Å². The van der Waals surface area contributed by atoms with Crippen molar-refractivity contribution in [2.75, 3.05) is 6.61 Å². The topological polar surface area (TPSA) is 103 Å². The summed E-state index contributed by atoms with van der Waals surface area (Å²) in [7, 11) is 0. The van der Waals surface area contributed by atoms with Crippen molar-refractivity contribution in [2.24, 2.45) is 5.10 Å². The molecule has 0 aliphatic rings. The molecule has 0 unspecified atom stereocenters. The van der Waals surface area contributed by atoms with Crippen molar-refractivity contribution in [2.45, 2.75) is 0 Å². The van der Waals surface area contributed by atoms with E-state index in [-0.39, 0.29) is 27.3 Å². The lowest BCUT2D eigenvalue weighted by atomic mass is 10.2. The van der Waals surface area contributed by atoms with Gasteiger partial charge >= 0.3 is 11.9 Å². The fraction of sp³-hybridized carbons (Fsp3) is 0.0345. The van der Waals surface area contributed by atoms with E-state index in [1.165, 1.54) is 30.5 Å². The lowest BCUT2D eigenvalue weighted by Gasteiger charge is -2.12. The summed E-state index contributed by atoms with van der Waals surface area (Å²) in [5.74, 6) is -1.78. The highest BCUT2D eigenvalue weighted by Crippen LogP contribution is 2.35. The molecule has 4 aromatic rings. The van der Waals surface area contributed by atoms with Crippen LogP contribution in [0.1, 0.15) is 26.3 Å². The van der Waals surface area contributed by atoms with Gasteiger partial charge in [0.05, 0.1) is 27.4 Å². The molecule has 0 aliphatic carbocycles. The third kappa shape index (κ3) is 7.83. The highest BCUT2D eigenvalue weighted by Gasteiger charge is 2.17. The number of nitrogens with zero attached hydrogens (tertiary/aromatic N) is 1. The van der Waals surface area contributed by atoms with Gasteiger partial charge in [-0.1, -0.05) is 71.2 Å². The number of hydrogen-bond acceptors (Lipinski definition) is 7. The van der Waals surface area contributed by atoms with Crippen LogP contribution >= 0.6 is 34.8 Å². The quantitative estimate of drug-likeness (QED) is 0.101. The fourth-order valence-corrected chi connectivity index (χ4v) is 4.18. The molecule has 1 N–H and O–H groups in total. The smallest absolute Gasteiger partial charge is 0.343 e. The van der Waals surface area contributed by atoms with Gasteiger partial charge in [0, 0.05) is 5.02 Å². The number of hydrogen-bond donors (Lipinski definition) is 1. The molecule has 40 heavy (non-hydrogen) atoms. The Bertz CT molecular complexity index is 1540. The van der Waals surface area contributed by atoms with E-state index in [0.717, 1.165) is 0 Å². The third-order valence-corrected chi connectivity index (χ3v) is 5.89. The van der Waals surface area contributed by atoms with Crippen LogP contribution in [0.25, 0.3) is 0 Å². The largest absolute Gasteiger partial charge is 0.481 e. The summed E-state index contributed by atoms with van der Waals surface area (Å²) in [4.78, 5) is 37.5. The molecule has 11 heteroatoms. The van der Waals surface area contributed by atoms with E-state index < -0.39 is 24.5 Å². The second-order valence-corrected chi connectivity index (χ2v) is 9.25. The Morgan fingerprint density at radius 1 is 0.725 bits per heavy atom. The normalized spacial score (nSPS) is 10.7. The number of halogens is 3. The van der Waals surface area contributed by atoms with Crippen LogP contribution in [0.4, 0.5) is 0 Å². The zero-order valence-electron chi connectivity index (χ0n) is 20.5. The van der Waals surface area contributed by atoms with Crippen molar-refractivity contribution in [3.8, 4) is 17.2 Å². The Hall–Kier alpha value is -4.37. The van der Waals surface area contributed by atoms with E-state index >= 15 is 0 Å². The molecule has 0 radical (unpaired) electrons.